The topological polar surface area (TPSA) is 21.3 Å². The average molecular weight is 265 g/mol. The van der Waals surface area contributed by atoms with Crippen molar-refractivity contribution in [1.29, 1.82) is 0 Å². The van der Waals surface area contributed by atoms with E-state index >= 15 is 0 Å². The normalized spacial score (nSPS) is 18.1. The van der Waals surface area contributed by atoms with Crippen molar-refractivity contribution in [2.24, 2.45) is 5.41 Å². The molecule has 1 fully saturated rings. The average Bonchev–Trinajstić information content (AvgIpc) is 3.17. The van der Waals surface area contributed by atoms with Crippen LogP contribution in [0.15, 0.2) is 18.2 Å². The van der Waals surface area contributed by atoms with E-state index in [1.165, 1.54) is 38.9 Å². The smallest absolute Gasteiger partial charge is 0.165 e. The third-order valence-electron chi connectivity index (χ3n) is 4.20. The first kappa shape index (κ1) is 14.3. The molecule has 0 saturated heterocycles. The molecule has 1 atom stereocenters. The summed E-state index contributed by atoms with van der Waals surface area (Å²) in [5, 5.41) is 3.58. The highest BCUT2D eigenvalue weighted by atomic mass is 19.1. The van der Waals surface area contributed by atoms with Crippen LogP contribution in [0.2, 0.25) is 0 Å². The summed E-state index contributed by atoms with van der Waals surface area (Å²) in [5.74, 6) is 0.0175. The molecule has 106 valence electrons. The predicted octanol–water partition coefficient (Wildman–Crippen LogP) is 4.07. The van der Waals surface area contributed by atoms with Crippen molar-refractivity contribution in [3.8, 4) is 5.75 Å². The van der Waals surface area contributed by atoms with Gasteiger partial charge in [0.15, 0.2) is 11.6 Å². The van der Waals surface area contributed by atoms with Gasteiger partial charge >= 0.3 is 0 Å². The second-order valence-electron chi connectivity index (χ2n) is 5.75. The number of rotatable bonds is 7. The van der Waals surface area contributed by atoms with Gasteiger partial charge in [0.1, 0.15) is 0 Å². The molecule has 0 amide bonds. The Morgan fingerprint density at radius 2 is 2.16 bits per heavy atom. The zero-order valence-corrected chi connectivity index (χ0v) is 12.1. The van der Waals surface area contributed by atoms with Crippen molar-refractivity contribution >= 4 is 0 Å². The first-order chi connectivity index (χ1) is 9.10. The highest BCUT2D eigenvalue weighted by Crippen LogP contribution is 2.49. The van der Waals surface area contributed by atoms with Crippen molar-refractivity contribution < 1.29 is 9.13 Å². The molecular weight excluding hydrogens is 241 g/mol. The second kappa shape index (κ2) is 5.91. The van der Waals surface area contributed by atoms with Gasteiger partial charge in [-0.25, -0.2) is 4.39 Å². The van der Waals surface area contributed by atoms with Crippen molar-refractivity contribution in [2.45, 2.75) is 45.6 Å². The fourth-order valence-corrected chi connectivity index (χ4v) is 2.66. The van der Waals surface area contributed by atoms with Gasteiger partial charge in [0.25, 0.3) is 0 Å². The predicted molar refractivity (Wildman–Crippen MR) is 75.9 cm³/mol. The Balaban J connectivity index is 1.94. The first-order valence-corrected chi connectivity index (χ1v) is 7.17. The van der Waals surface area contributed by atoms with Crippen molar-refractivity contribution in [2.75, 3.05) is 13.7 Å². The molecule has 0 spiro atoms. The Hall–Kier alpha value is -1.09. The maximum absolute atomic E-state index is 13.4. The van der Waals surface area contributed by atoms with E-state index in [1.54, 1.807) is 6.07 Å². The molecule has 1 N–H and O–H groups in total. The molecule has 1 unspecified atom stereocenters. The third-order valence-corrected chi connectivity index (χ3v) is 4.20. The summed E-state index contributed by atoms with van der Waals surface area (Å²) in [6.45, 7) is 5.42. The van der Waals surface area contributed by atoms with Gasteiger partial charge in [0.2, 0.25) is 0 Å². The van der Waals surface area contributed by atoms with Gasteiger partial charge in [0.05, 0.1) is 7.11 Å². The lowest BCUT2D eigenvalue weighted by molar-refractivity contribution is 0.381. The molecule has 19 heavy (non-hydrogen) atoms. The van der Waals surface area contributed by atoms with Crippen LogP contribution < -0.4 is 10.1 Å². The van der Waals surface area contributed by atoms with Crippen LogP contribution in [0.25, 0.3) is 0 Å². The van der Waals surface area contributed by atoms with Gasteiger partial charge in [-0.1, -0.05) is 19.4 Å². The van der Waals surface area contributed by atoms with Crippen LogP contribution in [0.5, 0.6) is 5.75 Å². The van der Waals surface area contributed by atoms with Crippen LogP contribution in [0.3, 0.4) is 0 Å². The highest BCUT2D eigenvalue weighted by Gasteiger charge is 2.41. The molecule has 0 heterocycles. The molecule has 1 aliphatic carbocycles. The zero-order chi connectivity index (χ0) is 13.9. The van der Waals surface area contributed by atoms with Gasteiger partial charge in [-0.15, -0.1) is 0 Å². The maximum Gasteiger partial charge on any atom is 0.165 e. The largest absolute Gasteiger partial charge is 0.494 e. The molecule has 2 nitrogen and oxygen atoms in total. The Morgan fingerprint density at radius 3 is 2.74 bits per heavy atom. The molecular formula is C16H24FNO. The summed E-state index contributed by atoms with van der Waals surface area (Å²) in [6.07, 6.45) is 5.24. The number of methoxy groups -OCH3 is 1. The standard InChI is InChI=1S/C16H24FNO/c1-4-7-16(8-9-16)11-18-12(2)13-5-6-14(17)15(10-13)19-3/h5-6,10,12,18H,4,7-9,11H2,1-3H3. The van der Waals surface area contributed by atoms with Crippen LogP contribution in [0, 0.1) is 11.2 Å². The number of hydrogen-bond acceptors (Lipinski definition) is 2. The molecule has 1 aliphatic rings. The van der Waals surface area contributed by atoms with E-state index in [0.29, 0.717) is 11.2 Å². The minimum absolute atomic E-state index is 0.226. The van der Waals surface area contributed by atoms with Crippen molar-refractivity contribution in [1.82, 2.24) is 5.32 Å². The van der Waals surface area contributed by atoms with E-state index < -0.39 is 0 Å². The van der Waals surface area contributed by atoms with Gasteiger partial charge in [-0.05, 0) is 49.3 Å². The molecule has 1 aromatic carbocycles. The molecule has 1 aromatic rings. The highest BCUT2D eigenvalue weighted by molar-refractivity contribution is 5.31. The Morgan fingerprint density at radius 1 is 1.42 bits per heavy atom. The lowest BCUT2D eigenvalue weighted by atomic mass is 9.99. The molecule has 0 radical (unpaired) electrons. The quantitative estimate of drug-likeness (QED) is 0.802. The lowest BCUT2D eigenvalue weighted by Crippen LogP contribution is -2.26. The molecule has 0 aliphatic heterocycles. The molecule has 0 aromatic heterocycles. The summed E-state index contributed by atoms with van der Waals surface area (Å²) in [6, 6.07) is 5.32. The Bertz CT molecular complexity index is 429. The summed E-state index contributed by atoms with van der Waals surface area (Å²) in [4.78, 5) is 0. The van der Waals surface area contributed by atoms with Crippen molar-refractivity contribution in [3.63, 3.8) is 0 Å². The minimum Gasteiger partial charge on any atom is -0.494 e. The molecule has 1 saturated carbocycles. The fourth-order valence-electron chi connectivity index (χ4n) is 2.66. The minimum atomic E-state index is -0.303. The van der Waals surface area contributed by atoms with Gasteiger partial charge < -0.3 is 10.1 Å². The molecule has 2 rings (SSSR count). The summed E-state index contributed by atoms with van der Waals surface area (Å²) in [5.41, 5.74) is 1.61. The van der Waals surface area contributed by atoms with Gasteiger partial charge in [-0.2, -0.15) is 0 Å². The van der Waals surface area contributed by atoms with E-state index in [1.807, 2.05) is 6.07 Å². The van der Waals surface area contributed by atoms with Crippen LogP contribution in [0.1, 0.15) is 51.1 Å². The summed E-state index contributed by atoms with van der Waals surface area (Å²) >= 11 is 0. The van der Waals surface area contributed by atoms with Crippen LogP contribution in [-0.4, -0.2) is 13.7 Å². The van der Waals surface area contributed by atoms with Crippen LogP contribution in [0.4, 0.5) is 4.39 Å². The van der Waals surface area contributed by atoms with Crippen LogP contribution in [-0.2, 0) is 0 Å². The van der Waals surface area contributed by atoms with E-state index in [-0.39, 0.29) is 11.9 Å². The van der Waals surface area contributed by atoms with Gasteiger partial charge in [0, 0.05) is 12.6 Å². The molecule has 0 bridgehead atoms. The lowest BCUT2D eigenvalue weighted by Gasteiger charge is -2.20. The first-order valence-electron chi connectivity index (χ1n) is 7.17. The zero-order valence-electron chi connectivity index (χ0n) is 12.1. The van der Waals surface area contributed by atoms with E-state index in [9.17, 15) is 4.39 Å². The maximum atomic E-state index is 13.4. The third kappa shape index (κ3) is 3.47. The van der Waals surface area contributed by atoms with E-state index in [4.69, 9.17) is 4.74 Å². The van der Waals surface area contributed by atoms with Gasteiger partial charge in [-0.3, -0.25) is 0 Å². The van der Waals surface area contributed by atoms with Crippen LogP contribution >= 0.6 is 0 Å². The van der Waals surface area contributed by atoms with E-state index in [2.05, 4.69) is 19.2 Å². The Labute approximate surface area is 115 Å². The fraction of sp³-hybridized carbons (Fsp3) is 0.625. The van der Waals surface area contributed by atoms with E-state index in [0.717, 1.165) is 12.1 Å². The number of benzene rings is 1. The number of halogens is 1. The SMILES string of the molecule is CCCC1(CNC(C)c2ccc(F)c(OC)c2)CC1. The number of hydrogen-bond donors (Lipinski definition) is 1. The summed E-state index contributed by atoms with van der Waals surface area (Å²) < 4.78 is 18.4. The number of ether oxygens (including phenoxy) is 1. The molecule has 3 heteroatoms. The Kier molecular flexibility index (Phi) is 4.46. The monoisotopic (exact) mass is 265 g/mol. The van der Waals surface area contributed by atoms with Crippen molar-refractivity contribution in [3.05, 3.63) is 29.6 Å². The summed E-state index contributed by atoms with van der Waals surface area (Å²) in [7, 11) is 1.50. The second-order valence-corrected chi connectivity index (χ2v) is 5.75. The number of nitrogens with one attached hydrogen (secondary N) is 1.